The van der Waals surface area contributed by atoms with Gasteiger partial charge in [-0.15, -0.1) is 0 Å². The maximum atomic E-state index is 13.9. The summed E-state index contributed by atoms with van der Waals surface area (Å²) in [6.45, 7) is 0. The average molecular weight is 461 g/mol. The van der Waals surface area contributed by atoms with Crippen LogP contribution in [0.15, 0.2) is 32.4 Å². The van der Waals surface area contributed by atoms with Crippen molar-refractivity contribution in [2.45, 2.75) is 4.90 Å². The number of nitrogen functional groups attached to an aromatic ring is 1. The van der Waals surface area contributed by atoms with Crippen LogP contribution in [0, 0.1) is 5.82 Å². The Hall–Kier alpha value is -0.970. The van der Waals surface area contributed by atoms with E-state index in [1.54, 1.807) is 0 Å². The molecule has 2 aromatic rings. The molecule has 2 rings (SSSR count). The fraction of sp³-hybridized carbons (Fsp3) is 0. The monoisotopic (exact) mass is 458 g/mol. The molecule has 1 aromatic carbocycles. The van der Waals surface area contributed by atoms with E-state index >= 15 is 0 Å². The highest BCUT2D eigenvalue weighted by molar-refractivity contribution is 9.11. The van der Waals surface area contributed by atoms with Gasteiger partial charge in [0, 0.05) is 5.69 Å². The molecule has 0 unspecified atom stereocenters. The summed E-state index contributed by atoms with van der Waals surface area (Å²) >= 11 is 11.7. The Morgan fingerprint density at radius 1 is 1.33 bits per heavy atom. The smallest absolute Gasteiger partial charge is 0.266 e. The van der Waals surface area contributed by atoms with Crippen molar-refractivity contribution < 1.29 is 12.8 Å². The summed E-state index contributed by atoms with van der Waals surface area (Å²) in [7, 11) is -4.26. The zero-order valence-corrected chi connectivity index (χ0v) is 14.7. The minimum absolute atomic E-state index is 0.0164. The van der Waals surface area contributed by atoms with Gasteiger partial charge in [0.2, 0.25) is 0 Å². The molecular weight excluding hydrogens is 454 g/mol. The Bertz CT molecular complexity index is 819. The molecule has 112 valence electrons. The Labute approximate surface area is 141 Å². The summed E-state index contributed by atoms with van der Waals surface area (Å²) in [6, 6.07) is 2.08. The third-order valence-corrected chi connectivity index (χ3v) is 4.79. The van der Waals surface area contributed by atoms with Crippen molar-refractivity contribution in [3.63, 3.8) is 0 Å². The molecule has 0 spiro atoms. The first-order valence-electron chi connectivity index (χ1n) is 5.16. The van der Waals surface area contributed by atoms with Crippen molar-refractivity contribution >= 4 is 65.0 Å². The first-order valence-corrected chi connectivity index (χ1v) is 8.61. The molecule has 0 aliphatic rings. The lowest BCUT2D eigenvalue weighted by Gasteiger charge is -2.10. The van der Waals surface area contributed by atoms with E-state index in [9.17, 15) is 12.8 Å². The standard InChI is InChI=1S/C10H6Br2ClFN4O2S/c11-7-3-16-10(9(12)17-7)18-21(19,20)6-2-4(15)1-5(13)8(6)14/h1-3H,15H2,(H,16,18). The second kappa shape index (κ2) is 6.03. The van der Waals surface area contributed by atoms with Crippen molar-refractivity contribution in [3.8, 4) is 0 Å². The number of hydrogen-bond acceptors (Lipinski definition) is 5. The molecule has 0 amide bonds. The number of nitrogens with two attached hydrogens (primary N) is 1. The van der Waals surface area contributed by atoms with Crippen molar-refractivity contribution in [1.82, 2.24) is 9.97 Å². The molecule has 0 fully saturated rings. The van der Waals surface area contributed by atoms with Crippen LogP contribution in [0.1, 0.15) is 0 Å². The summed E-state index contributed by atoms with van der Waals surface area (Å²) in [4.78, 5) is 7.06. The van der Waals surface area contributed by atoms with E-state index in [1.165, 1.54) is 6.20 Å². The molecule has 11 heteroatoms. The lowest BCUT2D eigenvalue weighted by atomic mass is 10.3. The normalized spacial score (nSPS) is 11.4. The van der Waals surface area contributed by atoms with Gasteiger partial charge in [-0.05, 0) is 44.0 Å². The quantitative estimate of drug-likeness (QED) is 0.686. The molecule has 1 heterocycles. The van der Waals surface area contributed by atoms with Crippen LogP contribution in [0.2, 0.25) is 5.02 Å². The van der Waals surface area contributed by atoms with Crippen molar-refractivity contribution in [2.24, 2.45) is 0 Å². The number of nitrogens with one attached hydrogen (secondary N) is 1. The van der Waals surface area contributed by atoms with Gasteiger partial charge in [0.1, 0.15) is 9.50 Å². The van der Waals surface area contributed by atoms with E-state index < -0.39 is 25.8 Å². The summed E-state index contributed by atoms with van der Waals surface area (Å²) in [5.41, 5.74) is 5.50. The summed E-state index contributed by atoms with van der Waals surface area (Å²) < 4.78 is 40.9. The van der Waals surface area contributed by atoms with Crippen LogP contribution in [0.4, 0.5) is 15.9 Å². The molecular formula is C10H6Br2ClFN4O2S. The topological polar surface area (TPSA) is 98.0 Å². The van der Waals surface area contributed by atoms with Crippen molar-refractivity contribution in [2.75, 3.05) is 10.5 Å². The third kappa shape index (κ3) is 3.62. The lowest BCUT2D eigenvalue weighted by Crippen LogP contribution is -2.16. The Balaban J connectivity index is 2.48. The Morgan fingerprint density at radius 2 is 2.00 bits per heavy atom. The number of anilines is 2. The average Bonchev–Trinajstić information content (AvgIpc) is 2.37. The number of nitrogens with zero attached hydrogens (tertiary/aromatic N) is 2. The molecule has 21 heavy (non-hydrogen) atoms. The molecule has 1 aromatic heterocycles. The van der Waals surface area contributed by atoms with Gasteiger partial charge in [-0.25, -0.2) is 22.8 Å². The van der Waals surface area contributed by atoms with Crippen LogP contribution >= 0.6 is 43.5 Å². The van der Waals surface area contributed by atoms with Crippen LogP contribution < -0.4 is 10.5 Å². The Kier molecular flexibility index (Phi) is 4.71. The van der Waals surface area contributed by atoms with E-state index in [4.69, 9.17) is 17.3 Å². The van der Waals surface area contributed by atoms with Crippen LogP contribution in [0.5, 0.6) is 0 Å². The second-order valence-electron chi connectivity index (χ2n) is 3.75. The molecule has 0 saturated carbocycles. The molecule has 0 aliphatic carbocycles. The van der Waals surface area contributed by atoms with Crippen LogP contribution in [-0.4, -0.2) is 18.4 Å². The predicted octanol–water partition coefficient (Wildman–Crippen LogP) is 3.18. The van der Waals surface area contributed by atoms with Crippen LogP contribution in [0.25, 0.3) is 0 Å². The summed E-state index contributed by atoms with van der Waals surface area (Å²) in [5.74, 6) is -1.20. The first-order chi connectivity index (χ1) is 9.70. The number of benzene rings is 1. The third-order valence-electron chi connectivity index (χ3n) is 2.24. The van der Waals surface area contributed by atoms with Crippen molar-refractivity contribution in [1.29, 1.82) is 0 Å². The second-order valence-corrected chi connectivity index (χ2v) is 7.37. The lowest BCUT2D eigenvalue weighted by molar-refractivity contribution is 0.570. The zero-order chi connectivity index (χ0) is 15.8. The molecule has 3 N–H and O–H groups in total. The minimum atomic E-state index is -4.26. The fourth-order valence-electron chi connectivity index (χ4n) is 1.38. The first kappa shape index (κ1) is 16.4. The Morgan fingerprint density at radius 3 is 2.62 bits per heavy atom. The zero-order valence-electron chi connectivity index (χ0n) is 9.94. The number of aromatic nitrogens is 2. The van der Waals surface area contributed by atoms with Crippen molar-refractivity contribution in [3.05, 3.63) is 38.4 Å². The molecule has 0 saturated heterocycles. The van der Waals surface area contributed by atoms with Crippen LogP contribution in [0.3, 0.4) is 0 Å². The maximum absolute atomic E-state index is 13.9. The molecule has 0 atom stereocenters. The predicted molar refractivity (Wildman–Crippen MR) is 84.1 cm³/mol. The summed E-state index contributed by atoms with van der Waals surface area (Å²) in [6.07, 6.45) is 1.28. The largest absolute Gasteiger partial charge is 0.399 e. The van der Waals surface area contributed by atoms with E-state index in [0.717, 1.165) is 12.1 Å². The van der Waals surface area contributed by atoms with Gasteiger partial charge in [-0.3, -0.25) is 4.72 Å². The van der Waals surface area contributed by atoms with E-state index in [2.05, 4.69) is 46.5 Å². The van der Waals surface area contributed by atoms with E-state index in [-0.39, 0.29) is 16.1 Å². The number of sulfonamides is 1. The van der Waals surface area contributed by atoms with Crippen LogP contribution in [-0.2, 0) is 10.0 Å². The van der Waals surface area contributed by atoms with Gasteiger partial charge in [0.15, 0.2) is 16.2 Å². The number of rotatable bonds is 3. The van der Waals surface area contributed by atoms with Gasteiger partial charge in [-0.2, -0.15) is 0 Å². The van der Waals surface area contributed by atoms with Gasteiger partial charge in [0.05, 0.1) is 11.2 Å². The van der Waals surface area contributed by atoms with E-state index in [0.29, 0.717) is 4.60 Å². The highest BCUT2D eigenvalue weighted by atomic mass is 79.9. The SMILES string of the molecule is Nc1cc(Cl)c(F)c(S(=O)(=O)Nc2ncc(Br)nc2Br)c1. The van der Waals surface area contributed by atoms with Gasteiger partial charge in [0.25, 0.3) is 10.0 Å². The van der Waals surface area contributed by atoms with E-state index in [1.807, 2.05) is 0 Å². The molecule has 6 nitrogen and oxygen atoms in total. The minimum Gasteiger partial charge on any atom is -0.399 e. The molecule has 0 bridgehead atoms. The van der Waals surface area contributed by atoms with Gasteiger partial charge in [-0.1, -0.05) is 11.6 Å². The highest BCUT2D eigenvalue weighted by Gasteiger charge is 2.23. The number of hydrogen-bond donors (Lipinski definition) is 2. The number of halogens is 4. The molecule has 0 aliphatic heterocycles. The van der Waals surface area contributed by atoms with Gasteiger partial charge >= 0.3 is 0 Å². The summed E-state index contributed by atoms with van der Waals surface area (Å²) in [5, 5.41) is -0.392. The van der Waals surface area contributed by atoms with Gasteiger partial charge < -0.3 is 5.73 Å². The molecule has 0 radical (unpaired) electrons. The highest BCUT2D eigenvalue weighted by Crippen LogP contribution is 2.28. The maximum Gasteiger partial charge on any atom is 0.266 e. The fourth-order valence-corrected chi connectivity index (χ4v) is 3.85.